The number of phenolic OH excluding ortho intramolecular Hbond substituents is 1. The van der Waals surface area contributed by atoms with Crippen LogP contribution in [0.15, 0.2) is 65.9 Å². The van der Waals surface area contributed by atoms with Crippen LogP contribution < -0.4 is 5.43 Å². The number of carbonyl (C=O) groups is 2. The molecule has 0 aliphatic carbocycles. The SMILES string of the molecule is C=CC/C=C(C)/C=N/NC(=O)c1ccccc1O.CC.CCN(/C=C/C(C)OC=O)CC. The van der Waals surface area contributed by atoms with Crippen LogP contribution in [0.1, 0.15) is 58.3 Å². The molecule has 1 atom stereocenters. The van der Waals surface area contributed by atoms with Gasteiger partial charge in [0.25, 0.3) is 12.4 Å². The van der Waals surface area contributed by atoms with Crippen LogP contribution in [-0.4, -0.2) is 47.8 Å². The Hall–Kier alpha value is -3.35. The number of allylic oxidation sites excluding steroid dienone is 3. The Morgan fingerprint density at radius 1 is 1.28 bits per heavy atom. The zero-order valence-corrected chi connectivity index (χ0v) is 20.2. The molecule has 1 aromatic rings. The molecular weight excluding hydrogens is 406 g/mol. The molecule has 0 fully saturated rings. The summed E-state index contributed by atoms with van der Waals surface area (Å²) in [4.78, 5) is 23.7. The standard InChI is InChI=1S/C14H16N2O2.C9H17NO2.C2H6/c1-3-4-7-11(2)10-15-16-14(18)12-8-5-6-9-13(12)17;1-4-10(5-2)7-6-9(3)12-8-11;1-2/h3,5-10,17H,1,4H2,2H3,(H,16,18);6-9H,4-5H2,1-3H3;1-2H3/b11-7+,15-10+;7-6+;. The number of hydrogen-bond acceptors (Lipinski definition) is 6. The Balaban J connectivity index is 0. The molecule has 0 aliphatic rings. The van der Waals surface area contributed by atoms with Gasteiger partial charge in [-0.25, -0.2) is 5.43 Å². The van der Waals surface area contributed by atoms with Gasteiger partial charge in [0.05, 0.1) is 5.56 Å². The fourth-order valence-electron chi connectivity index (χ4n) is 2.05. The molecule has 0 saturated carbocycles. The van der Waals surface area contributed by atoms with Gasteiger partial charge in [0.1, 0.15) is 11.9 Å². The van der Waals surface area contributed by atoms with Crippen molar-refractivity contribution in [1.29, 1.82) is 0 Å². The lowest BCUT2D eigenvalue weighted by Gasteiger charge is -2.15. The average molecular weight is 446 g/mol. The minimum atomic E-state index is -0.444. The summed E-state index contributed by atoms with van der Waals surface area (Å²) in [5, 5.41) is 13.3. The van der Waals surface area contributed by atoms with E-state index in [1.54, 1.807) is 24.4 Å². The molecular formula is C25H39N3O4. The fraction of sp³-hybridized carbons (Fsp3) is 0.400. The van der Waals surface area contributed by atoms with Crippen LogP contribution in [0.2, 0.25) is 0 Å². The normalized spacial score (nSPS) is 11.5. The minimum Gasteiger partial charge on any atom is -0.507 e. The van der Waals surface area contributed by atoms with Gasteiger partial charge in [0, 0.05) is 19.3 Å². The quantitative estimate of drug-likeness (QED) is 0.215. The zero-order chi connectivity index (χ0) is 24.8. The van der Waals surface area contributed by atoms with Crippen LogP contribution in [0.25, 0.3) is 0 Å². The first-order valence-electron chi connectivity index (χ1n) is 10.8. The molecule has 7 nitrogen and oxygen atoms in total. The highest BCUT2D eigenvalue weighted by atomic mass is 16.5. The van der Waals surface area contributed by atoms with E-state index in [0.717, 1.165) is 25.1 Å². The van der Waals surface area contributed by atoms with E-state index in [-0.39, 0.29) is 17.4 Å². The zero-order valence-electron chi connectivity index (χ0n) is 20.2. The van der Waals surface area contributed by atoms with E-state index in [1.807, 2.05) is 46.0 Å². The molecule has 1 unspecified atom stereocenters. The van der Waals surface area contributed by atoms with Gasteiger partial charge < -0.3 is 14.7 Å². The first-order valence-corrected chi connectivity index (χ1v) is 10.8. The number of nitrogens with zero attached hydrogens (tertiary/aromatic N) is 2. The van der Waals surface area contributed by atoms with Crippen LogP contribution in [-0.2, 0) is 9.53 Å². The number of hydrogen-bond donors (Lipinski definition) is 2. The molecule has 0 heterocycles. The van der Waals surface area contributed by atoms with Gasteiger partial charge in [0.2, 0.25) is 0 Å². The van der Waals surface area contributed by atoms with E-state index >= 15 is 0 Å². The van der Waals surface area contributed by atoms with Crippen molar-refractivity contribution in [2.24, 2.45) is 5.10 Å². The number of para-hydroxylation sites is 1. The van der Waals surface area contributed by atoms with E-state index in [2.05, 4.69) is 40.6 Å². The Morgan fingerprint density at radius 2 is 1.91 bits per heavy atom. The van der Waals surface area contributed by atoms with Gasteiger partial charge in [0.15, 0.2) is 0 Å². The molecule has 1 rings (SSSR count). The molecule has 0 spiro atoms. The third-order valence-corrected chi connectivity index (χ3v) is 3.84. The van der Waals surface area contributed by atoms with E-state index in [0.29, 0.717) is 6.47 Å². The summed E-state index contributed by atoms with van der Waals surface area (Å²) in [5.74, 6) is -0.509. The molecule has 2 N–H and O–H groups in total. The van der Waals surface area contributed by atoms with Gasteiger partial charge in [-0.1, -0.05) is 38.1 Å². The number of ether oxygens (including phenoxy) is 1. The Kier molecular flexibility index (Phi) is 20.1. The number of rotatable bonds is 11. The van der Waals surface area contributed by atoms with E-state index in [4.69, 9.17) is 0 Å². The van der Waals surface area contributed by atoms with Gasteiger partial charge in [-0.05, 0) is 64.1 Å². The Morgan fingerprint density at radius 3 is 2.44 bits per heavy atom. The predicted octanol–water partition coefficient (Wildman–Crippen LogP) is 5.06. The molecule has 7 heteroatoms. The highest BCUT2D eigenvalue weighted by Gasteiger charge is 2.08. The number of hydrazone groups is 1. The van der Waals surface area contributed by atoms with E-state index in [1.165, 1.54) is 12.1 Å². The second kappa shape index (κ2) is 20.9. The number of amides is 1. The predicted molar refractivity (Wildman–Crippen MR) is 133 cm³/mol. The first kappa shape index (κ1) is 30.8. The highest BCUT2D eigenvalue weighted by Crippen LogP contribution is 2.14. The summed E-state index contributed by atoms with van der Waals surface area (Å²) >= 11 is 0. The Labute approximate surface area is 193 Å². The van der Waals surface area contributed by atoms with Crippen molar-refractivity contribution in [2.45, 2.75) is 54.1 Å². The maximum absolute atomic E-state index is 11.6. The lowest BCUT2D eigenvalue weighted by molar-refractivity contribution is -0.130. The molecule has 0 saturated heterocycles. The number of phenols is 1. The van der Waals surface area contributed by atoms with Crippen molar-refractivity contribution in [2.75, 3.05) is 13.1 Å². The maximum atomic E-state index is 11.6. The summed E-state index contributed by atoms with van der Waals surface area (Å²) in [6, 6.07) is 6.31. The largest absolute Gasteiger partial charge is 0.507 e. The van der Waals surface area contributed by atoms with Crippen molar-refractivity contribution in [1.82, 2.24) is 10.3 Å². The molecule has 0 bridgehead atoms. The second-order valence-electron chi connectivity index (χ2n) is 6.19. The maximum Gasteiger partial charge on any atom is 0.293 e. The van der Waals surface area contributed by atoms with Crippen LogP contribution in [0.5, 0.6) is 5.75 Å². The van der Waals surface area contributed by atoms with Crippen molar-refractivity contribution in [3.63, 3.8) is 0 Å². The fourth-order valence-corrected chi connectivity index (χ4v) is 2.05. The smallest absolute Gasteiger partial charge is 0.293 e. The first-order chi connectivity index (χ1) is 15.4. The van der Waals surface area contributed by atoms with Crippen LogP contribution >= 0.6 is 0 Å². The van der Waals surface area contributed by atoms with Gasteiger partial charge >= 0.3 is 0 Å². The minimum absolute atomic E-state index is 0.0656. The third-order valence-electron chi connectivity index (χ3n) is 3.84. The lowest BCUT2D eigenvalue weighted by atomic mass is 10.2. The Bertz CT molecular complexity index is 738. The van der Waals surface area contributed by atoms with E-state index in [9.17, 15) is 14.7 Å². The van der Waals surface area contributed by atoms with Crippen molar-refractivity contribution >= 4 is 18.6 Å². The van der Waals surface area contributed by atoms with Gasteiger partial charge in [-0.3, -0.25) is 9.59 Å². The van der Waals surface area contributed by atoms with Crippen molar-refractivity contribution in [3.8, 4) is 5.75 Å². The second-order valence-corrected chi connectivity index (χ2v) is 6.19. The van der Waals surface area contributed by atoms with Gasteiger partial charge in [-0.2, -0.15) is 5.10 Å². The van der Waals surface area contributed by atoms with E-state index < -0.39 is 5.91 Å². The summed E-state index contributed by atoms with van der Waals surface area (Å²) in [7, 11) is 0. The van der Waals surface area contributed by atoms with Crippen LogP contribution in [0.3, 0.4) is 0 Å². The number of carbonyl (C=O) groups excluding carboxylic acids is 2. The van der Waals surface area contributed by atoms with Crippen LogP contribution in [0.4, 0.5) is 0 Å². The molecule has 1 aromatic carbocycles. The molecule has 0 aliphatic heterocycles. The molecule has 0 aromatic heterocycles. The summed E-state index contributed by atoms with van der Waals surface area (Å²) in [6.45, 7) is 17.9. The molecule has 1 amide bonds. The molecule has 32 heavy (non-hydrogen) atoms. The van der Waals surface area contributed by atoms with Gasteiger partial charge in [-0.15, -0.1) is 6.58 Å². The lowest BCUT2D eigenvalue weighted by Crippen LogP contribution is -2.17. The van der Waals surface area contributed by atoms with Crippen LogP contribution in [0, 0.1) is 0 Å². The number of aromatic hydroxyl groups is 1. The number of nitrogens with one attached hydrogen (secondary N) is 1. The average Bonchev–Trinajstić information content (AvgIpc) is 2.80. The topological polar surface area (TPSA) is 91.2 Å². The summed E-state index contributed by atoms with van der Waals surface area (Å²) in [6.07, 6.45) is 9.69. The summed E-state index contributed by atoms with van der Waals surface area (Å²) < 4.78 is 4.69. The van der Waals surface area contributed by atoms with Crippen molar-refractivity contribution < 1.29 is 19.4 Å². The molecule has 0 radical (unpaired) electrons. The summed E-state index contributed by atoms with van der Waals surface area (Å²) in [5.41, 5.74) is 3.47. The monoisotopic (exact) mass is 445 g/mol. The number of benzene rings is 1. The highest BCUT2D eigenvalue weighted by molar-refractivity contribution is 5.97. The molecule has 178 valence electrons. The third kappa shape index (κ3) is 15.5. The van der Waals surface area contributed by atoms with Crippen molar-refractivity contribution in [3.05, 3.63) is 66.4 Å².